The highest BCUT2D eigenvalue weighted by Gasteiger charge is 2.32. The van der Waals surface area contributed by atoms with E-state index in [-0.39, 0.29) is 16.5 Å². The van der Waals surface area contributed by atoms with Gasteiger partial charge < -0.3 is 20.2 Å². The second kappa shape index (κ2) is 9.00. The number of anilines is 1. The van der Waals surface area contributed by atoms with Crippen molar-refractivity contribution in [2.45, 2.75) is 12.3 Å². The molecule has 1 heterocycles. The van der Waals surface area contributed by atoms with Crippen LogP contribution in [0.25, 0.3) is 0 Å². The number of rotatable bonds is 6. The smallest absolute Gasteiger partial charge is 0.416 e. The molecule has 1 amide bonds. The standard InChI is InChI=1S/C20H13ClF3N3O4/c21-14-9-8-13(20(22,23)24)11-15(14)26-19(28)17(12-5-2-1-3-6-12)31-16-7-4-10-25-18(16)27(29)30/h1-11,17H,(H,26,28)/t17-/m1/s1. The highest BCUT2D eigenvalue weighted by Crippen LogP contribution is 2.35. The average molecular weight is 452 g/mol. The molecule has 0 spiro atoms. The Hall–Kier alpha value is -3.66. The summed E-state index contributed by atoms with van der Waals surface area (Å²) >= 11 is 5.95. The second-order valence-electron chi connectivity index (χ2n) is 6.17. The molecule has 0 aliphatic carbocycles. The van der Waals surface area contributed by atoms with Gasteiger partial charge in [0.15, 0.2) is 0 Å². The summed E-state index contributed by atoms with van der Waals surface area (Å²) in [7, 11) is 0. The summed E-state index contributed by atoms with van der Waals surface area (Å²) in [5, 5.41) is 13.4. The van der Waals surface area contributed by atoms with Crippen LogP contribution in [0.2, 0.25) is 5.02 Å². The van der Waals surface area contributed by atoms with E-state index in [0.29, 0.717) is 11.6 Å². The van der Waals surface area contributed by atoms with E-state index in [0.717, 1.165) is 12.1 Å². The maximum atomic E-state index is 13.0. The number of aromatic nitrogens is 1. The monoisotopic (exact) mass is 451 g/mol. The van der Waals surface area contributed by atoms with Crippen molar-refractivity contribution in [3.05, 3.63) is 93.1 Å². The van der Waals surface area contributed by atoms with Gasteiger partial charge in [0.1, 0.15) is 6.20 Å². The number of nitrogens with zero attached hydrogens (tertiary/aromatic N) is 2. The number of hydrogen-bond acceptors (Lipinski definition) is 5. The molecule has 0 fully saturated rings. The van der Waals surface area contributed by atoms with Crippen LogP contribution in [0.1, 0.15) is 17.2 Å². The van der Waals surface area contributed by atoms with E-state index in [2.05, 4.69) is 10.3 Å². The van der Waals surface area contributed by atoms with E-state index in [1.807, 2.05) is 0 Å². The average Bonchev–Trinajstić information content (AvgIpc) is 2.73. The summed E-state index contributed by atoms with van der Waals surface area (Å²) in [5.41, 5.74) is -0.986. The third kappa shape index (κ3) is 5.28. The Kier molecular flexibility index (Phi) is 6.40. The largest absolute Gasteiger partial charge is 0.467 e. The van der Waals surface area contributed by atoms with Crippen molar-refractivity contribution in [2.24, 2.45) is 0 Å². The van der Waals surface area contributed by atoms with E-state index in [1.54, 1.807) is 18.2 Å². The molecule has 3 rings (SSSR count). The molecular formula is C20H13ClF3N3O4. The third-order valence-electron chi connectivity index (χ3n) is 4.06. The molecule has 1 aromatic heterocycles. The van der Waals surface area contributed by atoms with Crippen molar-refractivity contribution >= 4 is 29.0 Å². The van der Waals surface area contributed by atoms with Gasteiger partial charge in [0.25, 0.3) is 5.91 Å². The Bertz CT molecular complexity index is 1110. The Morgan fingerprint density at radius 1 is 1.13 bits per heavy atom. The first-order valence-electron chi connectivity index (χ1n) is 8.65. The Morgan fingerprint density at radius 2 is 1.84 bits per heavy atom. The fourth-order valence-corrected chi connectivity index (χ4v) is 2.80. The number of halogens is 4. The van der Waals surface area contributed by atoms with Gasteiger partial charge in [-0.15, -0.1) is 0 Å². The summed E-state index contributed by atoms with van der Waals surface area (Å²) in [4.78, 5) is 27.0. The zero-order valence-electron chi connectivity index (χ0n) is 15.5. The summed E-state index contributed by atoms with van der Waals surface area (Å²) in [5.74, 6) is -1.79. The lowest BCUT2D eigenvalue weighted by Gasteiger charge is -2.19. The summed E-state index contributed by atoms with van der Waals surface area (Å²) in [6.45, 7) is 0. The molecule has 0 radical (unpaired) electrons. The van der Waals surface area contributed by atoms with Crippen LogP contribution in [-0.4, -0.2) is 15.8 Å². The first-order chi connectivity index (χ1) is 14.7. The van der Waals surface area contributed by atoms with E-state index in [4.69, 9.17) is 16.3 Å². The summed E-state index contributed by atoms with van der Waals surface area (Å²) < 4.78 is 44.6. The minimum absolute atomic E-state index is 0.125. The van der Waals surface area contributed by atoms with Crippen LogP contribution in [0.3, 0.4) is 0 Å². The molecule has 11 heteroatoms. The minimum atomic E-state index is -4.64. The highest BCUT2D eigenvalue weighted by molar-refractivity contribution is 6.33. The number of amides is 1. The Balaban J connectivity index is 1.96. The predicted octanol–water partition coefficient (Wildman–Crippen LogP) is 5.42. The number of nitro groups is 1. The van der Waals surface area contributed by atoms with Crippen LogP contribution in [0.4, 0.5) is 24.7 Å². The number of nitrogens with one attached hydrogen (secondary N) is 1. The highest BCUT2D eigenvalue weighted by atomic mass is 35.5. The lowest BCUT2D eigenvalue weighted by molar-refractivity contribution is -0.390. The first kappa shape index (κ1) is 22.0. The number of carbonyl (C=O) groups is 1. The topological polar surface area (TPSA) is 94.4 Å². The van der Waals surface area contributed by atoms with Crippen molar-refractivity contribution in [1.82, 2.24) is 4.98 Å². The predicted molar refractivity (Wildman–Crippen MR) is 106 cm³/mol. The summed E-state index contributed by atoms with van der Waals surface area (Å²) in [6, 6.07) is 13.1. The molecule has 0 bridgehead atoms. The fourth-order valence-electron chi connectivity index (χ4n) is 2.63. The number of ether oxygens (including phenoxy) is 1. The molecule has 7 nitrogen and oxygen atoms in total. The van der Waals surface area contributed by atoms with Gasteiger partial charge in [0.05, 0.1) is 16.3 Å². The van der Waals surface area contributed by atoms with Gasteiger partial charge in [0.2, 0.25) is 11.9 Å². The molecule has 31 heavy (non-hydrogen) atoms. The van der Waals surface area contributed by atoms with E-state index in [9.17, 15) is 28.1 Å². The fraction of sp³-hybridized carbons (Fsp3) is 0.100. The lowest BCUT2D eigenvalue weighted by atomic mass is 10.1. The molecule has 0 aliphatic rings. The molecule has 2 aromatic carbocycles. The Labute approximate surface area is 178 Å². The Morgan fingerprint density at radius 3 is 2.48 bits per heavy atom. The van der Waals surface area contributed by atoms with E-state index in [1.165, 1.54) is 30.5 Å². The van der Waals surface area contributed by atoms with Crippen LogP contribution in [-0.2, 0) is 11.0 Å². The normalized spacial score (nSPS) is 12.1. The van der Waals surface area contributed by atoms with Crippen LogP contribution < -0.4 is 10.1 Å². The minimum Gasteiger partial charge on any atom is -0.467 e. The third-order valence-corrected chi connectivity index (χ3v) is 4.39. The van der Waals surface area contributed by atoms with Crippen LogP contribution in [0.15, 0.2) is 66.9 Å². The zero-order valence-corrected chi connectivity index (χ0v) is 16.2. The molecule has 1 atom stereocenters. The van der Waals surface area contributed by atoms with Gasteiger partial charge in [-0.2, -0.15) is 13.2 Å². The lowest BCUT2D eigenvalue weighted by Crippen LogP contribution is -2.26. The van der Waals surface area contributed by atoms with Gasteiger partial charge in [-0.1, -0.05) is 41.9 Å². The molecule has 0 saturated carbocycles. The van der Waals surface area contributed by atoms with Gasteiger partial charge in [-0.25, -0.2) is 0 Å². The van der Waals surface area contributed by atoms with Gasteiger partial charge in [-0.05, 0) is 40.2 Å². The van der Waals surface area contributed by atoms with Crippen molar-refractivity contribution in [3.63, 3.8) is 0 Å². The first-order valence-corrected chi connectivity index (χ1v) is 9.03. The van der Waals surface area contributed by atoms with E-state index >= 15 is 0 Å². The molecule has 0 saturated heterocycles. The number of benzene rings is 2. The van der Waals surface area contributed by atoms with Gasteiger partial charge in [-0.3, -0.25) is 4.79 Å². The zero-order chi connectivity index (χ0) is 22.6. The maximum absolute atomic E-state index is 13.0. The van der Waals surface area contributed by atoms with Crippen LogP contribution in [0.5, 0.6) is 5.75 Å². The molecule has 0 unspecified atom stereocenters. The van der Waals surface area contributed by atoms with Crippen LogP contribution >= 0.6 is 11.6 Å². The van der Waals surface area contributed by atoms with Crippen molar-refractivity contribution in [3.8, 4) is 5.75 Å². The van der Waals surface area contributed by atoms with Crippen LogP contribution in [0, 0.1) is 10.1 Å². The molecular weight excluding hydrogens is 439 g/mol. The maximum Gasteiger partial charge on any atom is 0.416 e. The van der Waals surface area contributed by atoms with Gasteiger partial charge >= 0.3 is 12.0 Å². The van der Waals surface area contributed by atoms with E-state index < -0.39 is 34.5 Å². The molecule has 0 aliphatic heterocycles. The number of pyridine rings is 1. The van der Waals surface area contributed by atoms with Gasteiger partial charge in [0, 0.05) is 5.56 Å². The summed E-state index contributed by atoms with van der Waals surface area (Å²) in [6.07, 6.45) is -4.89. The SMILES string of the molecule is O=C(Nc1cc(C(F)(F)F)ccc1Cl)[C@H](Oc1cccnc1[N+](=O)[O-])c1ccccc1. The number of carbonyl (C=O) groups excluding carboxylic acids is 1. The molecule has 3 aromatic rings. The second-order valence-corrected chi connectivity index (χ2v) is 6.58. The molecule has 160 valence electrons. The number of alkyl halides is 3. The number of hydrogen-bond donors (Lipinski definition) is 1. The quantitative estimate of drug-likeness (QED) is 0.399. The molecule has 1 N–H and O–H groups in total. The van der Waals surface area contributed by atoms with Crippen molar-refractivity contribution in [1.29, 1.82) is 0 Å². The van der Waals surface area contributed by atoms with Crippen molar-refractivity contribution in [2.75, 3.05) is 5.32 Å². The van der Waals surface area contributed by atoms with Crippen molar-refractivity contribution < 1.29 is 27.6 Å².